The van der Waals surface area contributed by atoms with Crippen LogP contribution >= 0.6 is 23.2 Å². The van der Waals surface area contributed by atoms with E-state index in [9.17, 15) is 19.5 Å². The van der Waals surface area contributed by atoms with E-state index >= 15 is 0 Å². The molecule has 3 atom stereocenters. The molecule has 11 heteroatoms. The van der Waals surface area contributed by atoms with E-state index < -0.39 is 36.2 Å². The Morgan fingerprint density at radius 1 is 1.11 bits per heavy atom. The van der Waals surface area contributed by atoms with Crippen LogP contribution < -0.4 is 10.6 Å². The molecule has 0 bridgehead atoms. The van der Waals surface area contributed by atoms with Gasteiger partial charge in [0.25, 0.3) is 0 Å². The molecule has 1 heterocycles. The van der Waals surface area contributed by atoms with E-state index in [0.717, 1.165) is 5.56 Å². The van der Waals surface area contributed by atoms with Gasteiger partial charge in [0.1, 0.15) is 0 Å². The lowest BCUT2D eigenvalue weighted by Crippen LogP contribution is -2.43. The highest BCUT2D eigenvalue weighted by Crippen LogP contribution is 2.35. The predicted molar refractivity (Wildman–Crippen MR) is 142 cm³/mol. The number of halogens is 2. The minimum Gasteiger partial charge on any atom is -0.465 e. The molecule has 3 N–H and O–H groups in total. The fourth-order valence-corrected chi connectivity index (χ4v) is 4.41. The van der Waals surface area contributed by atoms with Gasteiger partial charge in [-0.05, 0) is 35.2 Å². The summed E-state index contributed by atoms with van der Waals surface area (Å²) in [5.41, 5.74) is 0.863. The Balaban J connectivity index is 1.87. The van der Waals surface area contributed by atoms with Crippen molar-refractivity contribution >= 4 is 47.0 Å². The molecule has 1 aliphatic heterocycles. The topological polar surface area (TPSA) is 117 Å². The van der Waals surface area contributed by atoms with E-state index in [1.54, 1.807) is 42.5 Å². The number of rotatable bonds is 5. The van der Waals surface area contributed by atoms with E-state index in [0.29, 0.717) is 15.7 Å². The standard InChI is InChI=1S/C26H31Cl2N3O6/c1-26(2,3)22-14-31(25(34)35)13-17(15-9-10-18(27)19(28)11-15)21(37-22)12-29-24(33)30-20-8-6-5-7-16(20)23(32)36-4/h5-11,17,21-22H,12-14H2,1-4H3,(H,34,35)(H2,29,30,33). The van der Waals surface area contributed by atoms with Gasteiger partial charge in [0, 0.05) is 19.0 Å². The smallest absolute Gasteiger partial charge is 0.407 e. The number of methoxy groups -OCH3 is 1. The van der Waals surface area contributed by atoms with E-state index in [4.69, 9.17) is 32.7 Å². The van der Waals surface area contributed by atoms with Gasteiger partial charge in [-0.25, -0.2) is 14.4 Å². The number of esters is 1. The van der Waals surface area contributed by atoms with Gasteiger partial charge in [-0.2, -0.15) is 0 Å². The Morgan fingerprint density at radius 2 is 1.81 bits per heavy atom. The number of hydrogen-bond acceptors (Lipinski definition) is 5. The maximum absolute atomic E-state index is 12.8. The zero-order valence-electron chi connectivity index (χ0n) is 21.1. The first kappa shape index (κ1) is 28.6. The van der Waals surface area contributed by atoms with Crippen LogP contribution in [-0.4, -0.2) is 67.1 Å². The molecular weight excluding hydrogens is 521 g/mol. The highest BCUT2D eigenvalue weighted by atomic mass is 35.5. The number of carbonyl (C=O) groups excluding carboxylic acids is 2. The van der Waals surface area contributed by atoms with Crippen LogP contribution in [0.2, 0.25) is 10.0 Å². The molecule has 2 aromatic carbocycles. The molecule has 1 aliphatic rings. The molecule has 3 amide bonds. The maximum Gasteiger partial charge on any atom is 0.407 e. The Labute approximate surface area is 226 Å². The lowest BCUT2D eigenvalue weighted by atomic mass is 9.88. The Hall–Kier alpha value is -3.01. The second-order valence-corrected chi connectivity index (χ2v) is 10.7. The van der Waals surface area contributed by atoms with Gasteiger partial charge < -0.3 is 30.1 Å². The summed E-state index contributed by atoms with van der Waals surface area (Å²) >= 11 is 12.4. The number of ether oxygens (including phenoxy) is 2. The second kappa shape index (κ2) is 12.0. The van der Waals surface area contributed by atoms with Crippen LogP contribution in [0.15, 0.2) is 42.5 Å². The molecule has 1 fully saturated rings. The van der Waals surface area contributed by atoms with E-state index in [-0.39, 0.29) is 30.6 Å². The van der Waals surface area contributed by atoms with Crippen molar-refractivity contribution in [3.05, 3.63) is 63.6 Å². The third kappa shape index (κ3) is 7.28. The van der Waals surface area contributed by atoms with Crippen LogP contribution in [0.4, 0.5) is 15.3 Å². The van der Waals surface area contributed by atoms with Crippen LogP contribution in [0.1, 0.15) is 42.6 Å². The van der Waals surface area contributed by atoms with Gasteiger partial charge in [0.2, 0.25) is 0 Å². The number of anilines is 1. The Morgan fingerprint density at radius 3 is 2.43 bits per heavy atom. The lowest BCUT2D eigenvalue weighted by molar-refractivity contribution is -0.0637. The summed E-state index contributed by atoms with van der Waals surface area (Å²) in [6.07, 6.45) is -2.09. The third-order valence-electron chi connectivity index (χ3n) is 6.24. The summed E-state index contributed by atoms with van der Waals surface area (Å²) in [6, 6.07) is 11.0. The summed E-state index contributed by atoms with van der Waals surface area (Å²) in [4.78, 5) is 38.3. The number of carboxylic acid groups (broad SMARTS) is 1. The molecule has 200 valence electrons. The summed E-state index contributed by atoms with van der Waals surface area (Å²) in [5.74, 6) is -1.02. The van der Waals surface area contributed by atoms with Crippen LogP contribution in [-0.2, 0) is 9.47 Å². The molecule has 0 spiro atoms. The zero-order valence-corrected chi connectivity index (χ0v) is 22.6. The van der Waals surface area contributed by atoms with Crippen molar-refractivity contribution in [2.24, 2.45) is 5.41 Å². The van der Waals surface area contributed by atoms with Crippen molar-refractivity contribution in [2.75, 3.05) is 32.1 Å². The molecule has 0 saturated carbocycles. The van der Waals surface area contributed by atoms with Crippen LogP contribution in [0.25, 0.3) is 0 Å². The molecule has 0 aliphatic carbocycles. The van der Waals surface area contributed by atoms with Gasteiger partial charge in [-0.1, -0.05) is 62.2 Å². The number of amides is 3. The number of hydrogen-bond donors (Lipinski definition) is 3. The van der Waals surface area contributed by atoms with Crippen LogP contribution in [0.3, 0.4) is 0 Å². The molecule has 0 radical (unpaired) electrons. The highest BCUT2D eigenvalue weighted by molar-refractivity contribution is 6.42. The van der Waals surface area contributed by atoms with Gasteiger partial charge in [-0.3, -0.25) is 0 Å². The molecule has 2 aromatic rings. The number of nitrogens with one attached hydrogen (secondary N) is 2. The molecular formula is C26H31Cl2N3O6. The van der Waals surface area contributed by atoms with Crippen molar-refractivity contribution in [2.45, 2.75) is 38.9 Å². The molecule has 3 rings (SSSR count). The molecule has 37 heavy (non-hydrogen) atoms. The van der Waals surface area contributed by atoms with Crippen molar-refractivity contribution < 1.29 is 29.0 Å². The number of urea groups is 1. The molecule has 9 nitrogen and oxygen atoms in total. The quantitative estimate of drug-likeness (QED) is 0.423. The monoisotopic (exact) mass is 551 g/mol. The first-order valence-corrected chi connectivity index (χ1v) is 12.5. The SMILES string of the molecule is COC(=O)c1ccccc1NC(=O)NCC1OC(C(C)(C)C)CN(C(=O)O)CC1c1ccc(Cl)c(Cl)c1. The Kier molecular flexibility index (Phi) is 9.28. The average molecular weight is 552 g/mol. The number of carbonyl (C=O) groups is 3. The minimum atomic E-state index is -1.06. The minimum absolute atomic E-state index is 0.0666. The van der Waals surface area contributed by atoms with Gasteiger partial charge >= 0.3 is 18.1 Å². The highest BCUT2D eigenvalue weighted by Gasteiger charge is 2.40. The maximum atomic E-state index is 12.8. The summed E-state index contributed by atoms with van der Waals surface area (Å²) in [7, 11) is 1.26. The zero-order chi connectivity index (χ0) is 27.3. The number of para-hydroxylation sites is 1. The van der Waals surface area contributed by atoms with E-state index in [1.165, 1.54) is 12.0 Å². The summed E-state index contributed by atoms with van der Waals surface area (Å²) in [5, 5.41) is 16.1. The average Bonchev–Trinajstić information content (AvgIpc) is 3.05. The van der Waals surface area contributed by atoms with E-state index in [2.05, 4.69) is 10.6 Å². The van der Waals surface area contributed by atoms with Crippen LogP contribution in [0.5, 0.6) is 0 Å². The predicted octanol–water partition coefficient (Wildman–Crippen LogP) is 5.48. The number of benzene rings is 2. The first-order chi connectivity index (χ1) is 17.4. The van der Waals surface area contributed by atoms with Crippen LogP contribution in [0, 0.1) is 5.41 Å². The second-order valence-electron chi connectivity index (χ2n) is 9.87. The van der Waals surface area contributed by atoms with Gasteiger partial charge in [0.15, 0.2) is 0 Å². The first-order valence-electron chi connectivity index (χ1n) is 11.7. The van der Waals surface area contributed by atoms with Crippen molar-refractivity contribution in [3.63, 3.8) is 0 Å². The van der Waals surface area contributed by atoms with Crippen molar-refractivity contribution in [1.82, 2.24) is 10.2 Å². The summed E-state index contributed by atoms with van der Waals surface area (Å²) < 4.78 is 11.3. The number of nitrogens with zero attached hydrogens (tertiary/aromatic N) is 1. The fourth-order valence-electron chi connectivity index (χ4n) is 4.11. The fraction of sp³-hybridized carbons (Fsp3) is 0.423. The van der Waals surface area contributed by atoms with Gasteiger partial charge in [0.05, 0.1) is 47.2 Å². The molecule has 0 aromatic heterocycles. The normalized spacial score (nSPS) is 20.1. The third-order valence-corrected chi connectivity index (χ3v) is 6.98. The summed E-state index contributed by atoms with van der Waals surface area (Å²) in [6.45, 7) is 6.29. The largest absolute Gasteiger partial charge is 0.465 e. The Bertz CT molecular complexity index is 1150. The van der Waals surface area contributed by atoms with E-state index in [1.807, 2.05) is 20.8 Å². The molecule has 1 saturated heterocycles. The van der Waals surface area contributed by atoms with Crippen molar-refractivity contribution in [3.8, 4) is 0 Å². The van der Waals surface area contributed by atoms with Gasteiger partial charge in [-0.15, -0.1) is 0 Å². The molecule has 3 unspecified atom stereocenters. The lowest BCUT2D eigenvalue weighted by Gasteiger charge is -2.34. The van der Waals surface area contributed by atoms with Crippen molar-refractivity contribution in [1.29, 1.82) is 0 Å².